The minimum absolute atomic E-state index is 0.0518. The van der Waals surface area contributed by atoms with Gasteiger partial charge in [0, 0.05) is 5.57 Å². The summed E-state index contributed by atoms with van der Waals surface area (Å²) in [4.78, 5) is 45.9. The molecule has 0 radical (unpaired) electrons. The Hall–Kier alpha value is -2.64. The van der Waals surface area contributed by atoms with Gasteiger partial charge in [-0.15, -0.1) is 0 Å². The molecular weight excluding hydrogens is 464 g/mol. The highest BCUT2D eigenvalue weighted by Gasteiger charge is 2.25. The molecule has 6 atom stereocenters. The zero-order valence-corrected chi connectivity index (χ0v) is 23.0. The van der Waals surface area contributed by atoms with E-state index in [1.54, 1.807) is 6.08 Å². The van der Waals surface area contributed by atoms with Crippen LogP contribution in [-0.2, 0) is 23.9 Å². The van der Waals surface area contributed by atoms with Gasteiger partial charge in [0.05, 0.1) is 12.3 Å². The third-order valence-corrected chi connectivity index (χ3v) is 6.43. The van der Waals surface area contributed by atoms with E-state index in [4.69, 9.17) is 14.9 Å². The summed E-state index contributed by atoms with van der Waals surface area (Å²) in [7, 11) is 0. The van der Waals surface area contributed by atoms with E-state index in [9.17, 15) is 24.3 Å². The zero-order chi connectivity index (χ0) is 28.0. The first kappa shape index (κ1) is 33.4. The fraction of sp³-hybridized carbons (Fsp3) is 0.714. The molecule has 206 valence electrons. The van der Waals surface area contributed by atoms with Crippen LogP contribution in [0.2, 0.25) is 0 Å². The SMILES string of the molecule is CCC(C)CC(C)CC(C)CC(C)/C=C(C)/C=C(\CC(C)C(=O)OCC(CC(=O)O)C(=O)O)C(=O)O. The lowest BCUT2D eigenvalue weighted by atomic mass is 9.84. The molecule has 0 aliphatic heterocycles. The van der Waals surface area contributed by atoms with Crippen molar-refractivity contribution in [1.29, 1.82) is 0 Å². The van der Waals surface area contributed by atoms with E-state index in [-0.39, 0.29) is 17.9 Å². The summed E-state index contributed by atoms with van der Waals surface area (Å²) in [5, 5.41) is 27.5. The molecule has 0 aromatic heterocycles. The summed E-state index contributed by atoms with van der Waals surface area (Å²) in [6.07, 6.45) is 7.43. The van der Waals surface area contributed by atoms with Gasteiger partial charge in [0.15, 0.2) is 0 Å². The van der Waals surface area contributed by atoms with Crippen LogP contribution in [0.4, 0.5) is 0 Å². The van der Waals surface area contributed by atoms with Gasteiger partial charge in [0.2, 0.25) is 0 Å². The molecular formula is C28H46O8. The Morgan fingerprint density at radius 3 is 1.89 bits per heavy atom. The summed E-state index contributed by atoms with van der Waals surface area (Å²) in [6, 6.07) is 0. The fourth-order valence-corrected chi connectivity index (χ4v) is 4.58. The maximum absolute atomic E-state index is 12.3. The highest BCUT2D eigenvalue weighted by molar-refractivity contribution is 5.88. The quantitative estimate of drug-likeness (QED) is 0.119. The molecule has 6 unspecified atom stereocenters. The Labute approximate surface area is 215 Å². The highest BCUT2D eigenvalue weighted by atomic mass is 16.5. The number of carbonyl (C=O) groups is 4. The van der Waals surface area contributed by atoms with E-state index >= 15 is 0 Å². The van der Waals surface area contributed by atoms with E-state index < -0.39 is 48.7 Å². The summed E-state index contributed by atoms with van der Waals surface area (Å²) >= 11 is 0. The number of aliphatic carboxylic acids is 3. The number of rotatable bonds is 18. The van der Waals surface area contributed by atoms with Crippen molar-refractivity contribution < 1.29 is 39.2 Å². The Kier molecular flexibility index (Phi) is 15.7. The van der Waals surface area contributed by atoms with Crippen LogP contribution in [0, 0.1) is 35.5 Å². The molecule has 0 rings (SSSR count). The average Bonchev–Trinajstić information content (AvgIpc) is 2.74. The van der Waals surface area contributed by atoms with Gasteiger partial charge in [-0.3, -0.25) is 14.4 Å². The molecule has 8 nitrogen and oxygen atoms in total. The number of carboxylic acid groups (broad SMARTS) is 3. The first-order valence-corrected chi connectivity index (χ1v) is 12.9. The molecule has 8 heteroatoms. The van der Waals surface area contributed by atoms with E-state index in [1.165, 1.54) is 19.8 Å². The van der Waals surface area contributed by atoms with E-state index in [1.807, 2.05) is 13.0 Å². The molecule has 36 heavy (non-hydrogen) atoms. The summed E-state index contributed by atoms with van der Waals surface area (Å²) in [6.45, 7) is 13.9. The van der Waals surface area contributed by atoms with Crippen LogP contribution in [0.15, 0.2) is 23.3 Å². The molecule has 0 aromatic carbocycles. The number of carboxylic acids is 3. The number of carbonyl (C=O) groups excluding carboxylic acids is 1. The Morgan fingerprint density at radius 2 is 1.39 bits per heavy atom. The number of hydrogen-bond acceptors (Lipinski definition) is 5. The zero-order valence-electron chi connectivity index (χ0n) is 23.0. The molecule has 0 heterocycles. The van der Waals surface area contributed by atoms with Gasteiger partial charge in [-0.05, 0) is 62.4 Å². The van der Waals surface area contributed by atoms with Crippen molar-refractivity contribution in [3.8, 4) is 0 Å². The topological polar surface area (TPSA) is 138 Å². The molecule has 0 amide bonds. The van der Waals surface area contributed by atoms with Gasteiger partial charge >= 0.3 is 23.9 Å². The highest BCUT2D eigenvalue weighted by Crippen LogP contribution is 2.26. The minimum Gasteiger partial charge on any atom is -0.481 e. The molecule has 0 aliphatic rings. The number of allylic oxidation sites excluding steroid dienone is 3. The molecule has 0 fully saturated rings. The first-order valence-electron chi connectivity index (χ1n) is 12.9. The Balaban J connectivity index is 5.04. The van der Waals surface area contributed by atoms with Gasteiger partial charge < -0.3 is 20.1 Å². The Morgan fingerprint density at radius 1 is 0.833 bits per heavy atom. The summed E-state index contributed by atoms with van der Waals surface area (Å²) in [5.74, 6) is -4.57. The Bertz CT molecular complexity index is 797. The van der Waals surface area contributed by atoms with E-state index in [0.717, 1.165) is 24.3 Å². The van der Waals surface area contributed by atoms with Gasteiger partial charge in [-0.2, -0.15) is 0 Å². The third kappa shape index (κ3) is 14.7. The second-order valence-corrected chi connectivity index (χ2v) is 10.7. The lowest BCUT2D eigenvalue weighted by Crippen LogP contribution is -2.26. The van der Waals surface area contributed by atoms with E-state index in [0.29, 0.717) is 11.8 Å². The van der Waals surface area contributed by atoms with E-state index in [2.05, 4.69) is 34.6 Å². The maximum Gasteiger partial charge on any atom is 0.331 e. The second-order valence-electron chi connectivity index (χ2n) is 10.7. The predicted octanol–water partition coefficient (Wildman–Crippen LogP) is 5.81. The van der Waals surface area contributed by atoms with Crippen LogP contribution in [0.1, 0.15) is 87.0 Å². The van der Waals surface area contributed by atoms with Crippen LogP contribution in [0.25, 0.3) is 0 Å². The predicted molar refractivity (Wildman–Crippen MR) is 138 cm³/mol. The van der Waals surface area contributed by atoms with Crippen LogP contribution >= 0.6 is 0 Å². The molecule has 3 N–H and O–H groups in total. The molecule has 0 saturated heterocycles. The summed E-state index contributed by atoms with van der Waals surface area (Å²) < 4.78 is 4.97. The maximum atomic E-state index is 12.3. The van der Waals surface area contributed by atoms with Gasteiger partial charge in [0.25, 0.3) is 0 Å². The molecule has 0 bridgehead atoms. The largest absolute Gasteiger partial charge is 0.481 e. The fourth-order valence-electron chi connectivity index (χ4n) is 4.58. The first-order chi connectivity index (χ1) is 16.7. The van der Waals surface area contributed by atoms with Crippen molar-refractivity contribution in [3.63, 3.8) is 0 Å². The second kappa shape index (κ2) is 16.9. The monoisotopic (exact) mass is 510 g/mol. The number of hydrogen-bond donors (Lipinski definition) is 3. The molecule has 0 aromatic rings. The van der Waals surface area contributed by atoms with Crippen LogP contribution in [0.5, 0.6) is 0 Å². The number of ether oxygens (including phenoxy) is 1. The number of esters is 1. The summed E-state index contributed by atoms with van der Waals surface area (Å²) in [5.41, 5.74) is 0.851. The van der Waals surface area contributed by atoms with Crippen molar-refractivity contribution in [1.82, 2.24) is 0 Å². The van der Waals surface area contributed by atoms with Crippen LogP contribution in [-0.4, -0.2) is 45.8 Å². The van der Waals surface area contributed by atoms with Gasteiger partial charge in [0.1, 0.15) is 12.5 Å². The molecule has 0 aliphatic carbocycles. The lowest BCUT2D eigenvalue weighted by molar-refractivity contribution is -0.157. The van der Waals surface area contributed by atoms with Crippen LogP contribution in [0.3, 0.4) is 0 Å². The molecule has 0 spiro atoms. The molecule has 0 saturated carbocycles. The van der Waals surface area contributed by atoms with Crippen molar-refractivity contribution in [2.45, 2.75) is 87.0 Å². The minimum atomic E-state index is -1.38. The standard InChI is InChI=1S/C28H46O8/c1-8-17(2)9-18(3)10-19(4)11-20(5)12-21(6)13-23(26(31)32)14-22(7)28(35)36-16-24(27(33)34)15-25(29)30/h12-13,17-20,22,24H,8-11,14-16H2,1-7H3,(H,29,30)(H,31,32)(H,33,34)/b21-12+,23-13+. The van der Waals surface area contributed by atoms with Crippen LogP contribution < -0.4 is 0 Å². The van der Waals surface area contributed by atoms with Crippen molar-refractivity contribution in [2.75, 3.05) is 6.61 Å². The third-order valence-electron chi connectivity index (χ3n) is 6.43. The van der Waals surface area contributed by atoms with Crippen molar-refractivity contribution in [2.24, 2.45) is 35.5 Å². The average molecular weight is 511 g/mol. The smallest absolute Gasteiger partial charge is 0.331 e. The van der Waals surface area contributed by atoms with Gasteiger partial charge in [-0.1, -0.05) is 59.6 Å². The van der Waals surface area contributed by atoms with Crippen molar-refractivity contribution in [3.05, 3.63) is 23.3 Å². The lowest BCUT2D eigenvalue weighted by Gasteiger charge is -2.21. The van der Waals surface area contributed by atoms with Gasteiger partial charge in [-0.25, -0.2) is 4.79 Å². The normalized spacial score (nSPS) is 17.4. The van der Waals surface area contributed by atoms with Crippen molar-refractivity contribution >= 4 is 23.9 Å².